The third-order valence-corrected chi connectivity index (χ3v) is 5.40. The quantitative estimate of drug-likeness (QED) is 0.428. The molecule has 0 unspecified atom stereocenters. The maximum Gasteiger partial charge on any atom is 0.272 e. The van der Waals surface area contributed by atoms with Crippen LogP contribution < -0.4 is 5.32 Å². The molecule has 1 aromatic carbocycles. The molecule has 32 heavy (non-hydrogen) atoms. The molecule has 0 aliphatic heterocycles. The summed E-state index contributed by atoms with van der Waals surface area (Å²) in [4.78, 5) is 21.9. The van der Waals surface area contributed by atoms with E-state index in [2.05, 4.69) is 33.1 Å². The van der Waals surface area contributed by atoms with E-state index in [4.69, 9.17) is 4.98 Å². The van der Waals surface area contributed by atoms with Gasteiger partial charge in [-0.25, -0.2) is 4.98 Å². The highest BCUT2D eigenvalue weighted by Crippen LogP contribution is 2.23. The van der Waals surface area contributed by atoms with Gasteiger partial charge in [0.1, 0.15) is 5.82 Å². The SMILES string of the molecule is O=C(NCCc1ccccc1)c1nc(-c2ccn(Cc3cccnc3)c2)n2ccccc12. The molecule has 158 valence electrons. The van der Waals surface area contributed by atoms with Crippen LogP contribution >= 0.6 is 0 Å². The Balaban J connectivity index is 1.37. The van der Waals surface area contributed by atoms with Gasteiger partial charge in [-0.3, -0.25) is 14.2 Å². The molecule has 1 N–H and O–H groups in total. The van der Waals surface area contributed by atoms with E-state index < -0.39 is 0 Å². The van der Waals surface area contributed by atoms with Gasteiger partial charge in [-0.15, -0.1) is 0 Å². The van der Waals surface area contributed by atoms with Gasteiger partial charge < -0.3 is 9.88 Å². The molecular formula is C26H23N5O. The fourth-order valence-electron chi connectivity index (χ4n) is 3.83. The van der Waals surface area contributed by atoms with Crippen LogP contribution in [0.4, 0.5) is 0 Å². The minimum atomic E-state index is -0.161. The van der Waals surface area contributed by atoms with E-state index in [1.165, 1.54) is 5.56 Å². The smallest absolute Gasteiger partial charge is 0.272 e. The minimum absolute atomic E-state index is 0.161. The molecule has 6 nitrogen and oxygen atoms in total. The first-order valence-electron chi connectivity index (χ1n) is 10.6. The van der Waals surface area contributed by atoms with Crippen molar-refractivity contribution in [2.75, 3.05) is 6.54 Å². The number of hydrogen-bond acceptors (Lipinski definition) is 3. The van der Waals surface area contributed by atoms with Crippen LogP contribution in [0.2, 0.25) is 0 Å². The standard InChI is InChI=1S/C26H23N5O/c32-26(28-14-11-20-7-2-1-3-8-20)24-23-10-4-5-15-31(23)25(29-24)22-12-16-30(19-22)18-21-9-6-13-27-17-21/h1-10,12-13,15-17,19H,11,14,18H2,(H,28,32). The van der Waals surface area contributed by atoms with Gasteiger partial charge in [0.2, 0.25) is 0 Å². The molecule has 5 rings (SSSR count). The van der Waals surface area contributed by atoms with Crippen LogP contribution in [0.15, 0.2) is 97.7 Å². The summed E-state index contributed by atoms with van der Waals surface area (Å²) in [6, 6.07) is 21.9. The Morgan fingerprint density at radius 3 is 2.59 bits per heavy atom. The molecule has 0 radical (unpaired) electrons. The Morgan fingerprint density at radius 2 is 1.75 bits per heavy atom. The first-order chi connectivity index (χ1) is 15.8. The van der Waals surface area contributed by atoms with Gasteiger partial charge in [0, 0.05) is 49.6 Å². The van der Waals surface area contributed by atoms with Crippen molar-refractivity contribution in [1.82, 2.24) is 24.3 Å². The van der Waals surface area contributed by atoms with E-state index in [-0.39, 0.29) is 5.91 Å². The maximum absolute atomic E-state index is 12.9. The van der Waals surface area contributed by atoms with E-state index in [0.29, 0.717) is 12.2 Å². The van der Waals surface area contributed by atoms with Crippen molar-refractivity contribution in [3.05, 3.63) is 115 Å². The molecule has 0 bridgehead atoms. The summed E-state index contributed by atoms with van der Waals surface area (Å²) in [5, 5.41) is 3.02. The lowest BCUT2D eigenvalue weighted by molar-refractivity contribution is 0.0951. The average Bonchev–Trinajstić information content (AvgIpc) is 3.45. The van der Waals surface area contributed by atoms with E-state index >= 15 is 0 Å². The highest BCUT2D eigenvalue weighted by atomic mass is 16.1. The molecule has 1 amide bonds. The van der Waals surface area contributed by atoms with Crippen LogP contribution in [-0.4, -0.2) is 31.4 Å². The lowest BCUT2D eigenvalue weighted by Crippen LogP contribution is -2.26. The molecule has 6 heteroatoms. The molecular weight excluding hydrogens is 398 g/mol. The number of nitrogens with zero attached hydrogens (tertiary/aromatic N) is 4. The molecule has 0 spiro atoms. The van der Waals surface area contributed by atoms with Crippen LogP contribution in [0.5, 0.6) is 0 Å². The normalized spacial score (nSPS) is 11.0. The van der Waals surface area contributed by atoms with Gasteiger partial charge in [0.15, 0.2) is 5.69 Å². The Bertz CT molecular complexity index is 1340. The van der Waals surface area contributed by atoms with E-state index in [0.717, 1.165) is 35.4 Å². The molecule has 0 aliphatic rings. The summed E-state index contributed by atoms with van der Waals surface area (Å²) in [7, 11) is 0. The number of benzene rings is 1. The van der Waals surface area contributed by atoms with Gasteiger partial charge in [-0.05, 0) is 41.8 Å². The van der Waals surface area contributed by atoms with Crippen molar-refractivity contribution in [2.24, 2.45) is 0 Å². The molecule has 0 aliphatic carbocycles. The van der Waals surface area contributed by atoms with Crippen molar-refractivity contribution in [2.45, 2.75) is 13.0 Å². The molecule has 0 atom stereocenters. The van der Waals surface area contributed by atoms with Crippen molar-refractivity contribution >= 4 is 11.4 Å². The van der Waals surface area contributed by atoms with Gasteiger partial charge in [-0.2, -0.15) is 0 Å². The predicted molar refractivity (Wildman–Crippen MR) is 124 cm³/mol. The third-order valence-electron chi connectivity index (χ3n) is 5.40. The molecule has 4 heterocycles. The Morgan fingerprint density at radius 1 is 0.906 bits per heavy atom. The second kappa shape index (κ2) is 8.89. The predicted octanol–water partition coefficient (Wildman–Crippen LogP) is 4.22. The topological polar surface area (TPSA) is 64.2 Å². The zero-order valence-corrected chi connectivity index (χ0v) is 17.6. The van der Waals surface area contributed by atoms with Crippen LogP contribution in [-0.2, 0) is 13.0 Å². The zero-order chi connectivity index (χ0) is 21.8. The van der Waals surface area contributed by atoms with Gasteiger partial charge in [-0.1, -0.05) is 42.5 Å². The number of fused-ring (bicyclic) bond motifs is 1. The van der Waals surface area contributed by atoms with Gasteiger partial charge >= 0.3 is 0 Å². The minimum Gasteiger partial charge on any atom is -0.350 e. The lowest BCUT2D eigenvalue weighted by Gasteiger charge is -2.04. The molecule has 0 saturated carbocycles. The van der Waals surface area contributed by atoms with E-state index in [1.54, 1.807) is 6.20 Å². The first-order valence-corrected chi connectivity index (χ1v) is 10.6. The summed E-state index contributed by atoms with van der Waals surface area (Å²) in [5.41, 5.74) is 4.51. The number of carbonyl (C=O) groups excluding carboxylic acids is 1. The Kier molecular flexibility index (Phi) is 5.49. The Hall–Kier alpha value is -4.19. The number of hydrogen-bond donors (Lipinski definition) is 1. The molecule has 0 saturated heterocycles. The summed E-state index contributed by atoms with van der Waals surface area (Å²) < 4.78 is 4.06. The highest BCUT2D eigenvalue weighted by Gasteiger charge is 2.18. The highest BCUT2D eigenvalue weighted by molar-refractivity contribution is 6.00. The number of aromatic nitrogens is 4. The number of imidazole rings is 1. The molecule has 5 aromatic rings. The lowest BCUT2D eigenvalue weighted by atomic mass is 10.1. The van der Waals surface area contributed by atoms with E-state index in [9.17, 15) is 4.79 Å². The van der Waals surface area contributed by atoms with Crippen molar-refractivity contribution in [3.63, 3.8) is 0 Å². The van der Waals surface area contributed by atoms with Gasteiger partial charge in [0.05, 0.1) is 5.52 Å². The number of pyridine rings is 2. The van der Waals surface area contributed by atoms with E-state index in [1.807, 2.05) is 77.7 Å². The molecule has 0 fully saturated rings. The van der Waals surface area contributed by atoms with Crippen LogP contribution in [0, 0.1) is 0 Å². The van der Waals surface area contributed by atoms with Crippen LogP contribution in [0.1, 0.15) is 21.6 Å². The molecule has 4 aromatic heterocycles. The van der Waals surface area contributed by atoms with Crippen molar-refractivity contribution < 1.29 is 4.79 Å². The summed E-state index contributed by atoms with van der Waals surface area (Å²) in [6.45, 7) is 1.29. The Labute approximate surface area is 186 Å². The summed E-state index contributed by atoms with van der Waals surface area (Å²) in [5.74, 6) is 0.587. The second-order valence-corrected chi connectivity index (χ2v) is 7.67. The monoisotopic (exact) mass is 421 g/mol. The van der Waals surface area contributed by atoms with Crippen molar-refractivity contribution in [3.8, 4) is 11.4 Å². The fraction of sp³-hybridized carbons (Fsp3) is 0.115. The van der Waals surface area contributed by atoms with Gasteiger partial charge in [0.25, 0.3) is 5.91 Å². The third kappa shape index (κ3) is 4.16. The average molecular weight is 422 g/mol. The summed E-state index contributed by atoms with van der Waals surface area (Å²) >= 11 is 0. The van der Waals surface area contributed by atoms with Crippen molar-refractivity contribution in [1.29, 1.82) is 0 Å². The summed E-state index contributed by atoms with van der Waals surface area (Å²) in [6.07, 6.45) is 10.4. The maximum atomic E-state index is 12.9. The van der Waals surface area contributed by atoms with Crippen LogP contribution in [0.25, 0.3) is 16.9 Å². The van der Waals surface area contributed by atoms with Crippen LogP contribution in [0.3, 0.4) is 0 Å². The first kappa shape index (κ1) is 19.8. The number of amides is 1. The fourth-order valence-corrected chi connectivity index (χ4v) is 3.83. The number of carbonyl (C=O) groups is 1. The largest absolute Gasteiger partial charge is 0.350 e. The number of nitrogens with one attached hydrogen (secondary N) is 1. The second-order valence-electron chi connectivity index (χ2n) is 7.67. The number of rotatable bonds is 7. The zero-order valence-electron chi connectivity index (χ0n) is 17.6.